The predicted molar refractivity (Wildman–Crippen MR) is 61.1 cm³/mol. The van der Waals surface area contributed by atoms with E-state index in [-0.39, 0.29) is 5.97 Å². The second-order valence-corrected chi connectivity index (χ2v) is 3.55. The molecule has 17 heavy (non-hydrogen) atoms. The van der Waals surface area contributed by atoms with Crippen molar-refractivity contribution in [3.8, 4) is 0 Å². The van der Waals surface area contributed by atoms with E-state index in [1.165, 1.54) is 6.33 Å². The van der Waals surface area contributed by atoms with E-state index in [4.69, 9.17) is 10.5 Å². The van der Waals surface area contributed by atoms with Crippen LogP contribution in [0.4, 0.5) is 5.82 Å². The van der Waals surface area contributed by atoms with Gasteiger partial charge in [-0.25, -0.2) is 15.0 Å². The largest absolute Gasteiger partial charge is 0.465 e. The van der Waals surface area contributed by atoms with Crippen molar-refractivity contribution < 1.29 is 9.53 Å². The van der Waals surface area contributed by atoms with Crippen molar-refractivity contribution in [2.75, 3.05) is 12.3 Å². The maximum atomic E-state index is 11.6. The third-order valence-corrected chi connectivity index (χ3v) is 2.39. The summed E-state index contributed by atoms with van der Waals surface area (Å²) in [5.74, 6) is -0.0305. The summed E-state index contributed by atoms with van der Waals surface area (Å²) in [5.41, 5.74) is 6.65. The Hall–Kier alpha value is -2.18. The quantitative estimate of drug-likeness (QED) is 0.754. The van der Waals surface area contributed by atoms with Crippen molar-refractivity contribution in [1.82, 2.24) is 19.9 Å². The van der Waals surface area contributed by atoms with Crippen molar-refractivity contribution in [3.05, 3.63) is 12.2 Å². The number of nitrogens with one attached hydrogen (secondary N) is 1. The third-order valence-electron chi connectivity index (χ3n) is 2.39. The number of ether oxygens (including phenoxy) is 1. The highest BCUT2D eigenvalue weighted by atomic mass is 16.5. The minimum absolute atomic E-state index is 0.310. The number of aromatic amines is 1. The first kappa shape index (κ1) is 11.3. The number of imidazole rings is 1. The van der Waals surface area contributed by atoms with Gasteiger partial charge in [0.1, 0.15) is 23.6 Å². The highest BCUT2D eigenvalue weighted by Crippen LogP contribution is 2.19. The van der Waals surface area contributed by atoms with Crippen LogP contribution in [0, 0.1) is 0 Å². The molecule has 0 amide bonds. The summed E-state index contributed by atoms with van der Waals surface area (Å²) in [6.45, 7) is 3.80. The zero-order valence-electron chi connectivity index (χ0n) is 9.60. The average molecular weight is 235 g/mol. The number of fused-ring (bicyclic) bond motifs is 1. The highest BCUT2D eigenvalue weighted by Gasteiger charge is 2.21. The highest BCUT2D eigenvalue weighted by molar-refractivity contribution is 5.83. The first-order valence-corrected chi connectivity index (χ1v) is 5.26. The molecule has 0 aliphatic heterocycles. The minimum Gasteiger partial charge on any atom is -0.465 e. The number of rotatable bonds is 3. The number of aromatic nitrogens is 4. The van der Waals surface area contributed by atoms with E-state index in [0.29, 0.717) is 29.4 Å². The SMILES string of the molecule is CCOC(=O)C(C)c1nc2ncnc(N)c2[nH]1. The second kappa shape index (κ2) is 4.36. The molecule has 2 aromatic heterocycles. The van der Waals surface area contributed by atoms with Gasteiger partial charge in [0.05, 0.1) is 6.61 Å². The molecule has 2 aromatic rings. The van der Waals surface area contributed by atoms with Gasteiger partial charge in [-0.3, -0.25) is 4.79 Å². The molecule has 0 spiro atoms. The van der Waals surface area contributed by atoms with Crippen molar-refractivity contribution in [2.24, 2.45) is 0 Å². The molecule has 1 atom stereocenters. The van der Waals surface area contributed by atoms with Gasteiger partial charge in [-0.15, -0.1) is 0 Å². The van der Waals surface area contributed by atoms with Crippen molar-refractivity contribution in [1.29, 1.82) is 0 Å². The first-order valence-electron chi connectivity index (χ1n) is 5.26. The summed E-state index contributed by atoms with van der Waals surface area (Å²) in [6.07, 6.45) is 1.33. The molecule has 0 fully saturated rings. The summed E-state index contributed by atoms with van der Waals surface area (Å²) in [6, 6.07) is 0. The van der Waals surface area contributed by atoms with Crippen LogP contribution in [-0.4, -0.2) is 32.5 Å². The molecule has 0 saturated heterocycles. The normalized spacial score (nSPS) is 12.6. The van der Waals surface area contributed by atoms with E-state index in [1.807, 2.05) is 0 Å². The van der Waals surface area contributed by atoms with Gasteiger partial charge < -0.3 is 15.5 Å². The fraction of sp³-hybridized carbons (Fsp3) is 0.400. The number of carbonyl (C=O) groups excluding carboxylic acids is 1. The van der Waals surface area contributed by atoms with Gasteiger partial charge in [-0.1, -0.05) is 0 Å². The number of carbonyl (C=O) groups is 1. The van der Waals surface area contributed by atoms with Gasteiger partial charge in [0.15, 0.2) is 11.5 Å². The van der Waals surface area contributed by atoms with Gasteiger partial charge in [0, 0.05) is 0 Å². The standard InChI is InChI=1S/C10H13N5O2/c1-3-17-10(16)5(2)8-14-6-7(11)12-4-13-9(6)15-8/h4-5H,3H2,1-2H3,(H3,11,12,13,14,15). The fourth-order valence-corrected chi connectivity index (χ4v) is 1.45. The van der Waals surface area contributed by atoms with E-state index < -0.39 is 5.92 Å². The summed E-state index contributed by atoms with van der Waals surface area (Å²) >= 11 is 0. The summed E-state index contributed by atoms with van der Waals surface area (Å²) in [5, 5.41) is 0. The van der Waals surface area contributed by atoms with E-state index in [9.17, 15) is 4.79 Å². The molecule has 0 aliphatic carbocycles. The number of hydrogen-bond donors (Lipinski definition) is 2. The summed E-state index contributed by atoms with van der Waals surface area (Å²) in [4.78, 5) is 26.5. The number of hydrogen-bond acceptors (Lipinski definition) is 6. The molecule has 0 saturated carbocycles. The van der Waals surface area contributed by atoms with Crippen LogP contribution in [0.5, 0.6) is 0 Å². The van der Waals surface area contributed by atoms with Crippen LogP contribution >= 0.6 is 0 Å². The predicted octanol–water partition coefficient (Wildman–Crippen LogP) is 0.602. The first-order chi connectivity index (χ1) is 8.13. The molecule has 7 nitrogen and oxygen atoms in total. The fourth-order valence-electron chi connectivity index (χ4n) is 1.45. The Morgan fingerprint density at radius 2 is 2.35 bits per heavy atom. The van der Waals surface area contributed by atoms with Crippen molar-refractivity contribution >= 4 is 23.0 Å². The van der Waals surface area contributed by atoms with Crippen LogP contribution in [-0.2, 0) is 9.53 Å². The van der Waals surface area contributed by atoms with Gasteiger partial charge in [0.2, 0.25) is 0 Å². The lowest BCUT2D eigenvalue weighted by Gasteiger charge is -2.06. The number of H-pyrrole nitrogens is 1. The average Bonchev–Trinajstić information content (AvgIpc) is 2.73. The minimum atomic E-state index is -0.483. The van der Waals surface area contributed by atoms with Crippen LogP contribution < -0.4 is 5.73 Å². The Balaban J connectivity index is 2.36. The smallest absolute Gasteiger partial charge is 0.316 e. The van der Waals surface area contributed by atoms with Gasteiger partial charge >= 0.3 is 5.97 Å². The maximum absolute atomic E-state index is 11.6. The van der Waals surface area contributed by atoms with Gasteiger partial charge in [0.25, 0.3) is 0 Å². The molecule has 1 unspecified atom stereocenters. The van der Waals surface area contributed by atoms with E-state index in [1.54, 1.807) is 13.8 Å². The number of anilines is 1. The van der Waals surface area contributed by atoms with Crippen LogP contribution in [0.1, 0.15) is 25.6 Å². The molecule has 0 aliphatic rings. The third kappa shape index (κ3) is 2.03. The molecule has 90 valence electrons. The van der Waals surface area contributed by atoms with E-state index in [2.05, 4.69) is 19.9 Å². The Bertz CT molecular complexity index is 551. The van der Waals surface area contributed by atoms with Crippen LogP contribution in [0.15, 0.2) is 6.33 Å². The lowest BCUT2D eigenvalue weighted by atomic mass is 10.2. The zero-order valence-corrected chi connectivity index (χ0v) is 9.60. The lowest BCUT2D eigenvalue weighted by Crippen LogP contribution is -2.14. The van der Waals surface area contributed by atoms with E-state index in [0.717, 1.165) is 0 Å². The van der Waals surface area contributed by atoms with Crippen molar-refractivity contribution in [3.63, 3.8) is 0 Å². The van der Waals surface area contributed by atoms with Crippen LogP contribution in [0.25, 0.3) is 11.2 Å². The van der Waals surface area contributed by atoms with Crippen LogP contribution in [0.3, 0.4) is 0 Å². The maximum Gasteiger partial charge on any atom is 0.316 e. The molecular weight excluding hydrogens is 222 g/mol. The molecule has 7 heteroatoms. The molecular formula is C10H13N5O2. The molecule has 0 bridgehead atoms. The Labute approximate surface area is 97.4 Å². The lowest BCUT2D eigenvalue weighted by molar-refractivity contribution is -0.144. The number of nitrogen functional groups attached to an aromatic ring is 1. The monoisotopic (exact) mass is 235 g/mol. The van der Waals surface area contributed by atoms with Gasteiger partial charge in [-0.2, -0.15) is 0 Å². The van der Waals surface area contributed by atoms with E-state index >= 15 is 0 Å². The topological polar surface area (TPSA) is 107 Å². The molecule has 3 N–H and O–H groups in total. The summed E-state index contributed by atoms with van der Waals surface area (Å²) in [7, 11) is 0. The van der Waals surface area contributed by atoms with Crippen molar-refractivity contribution in [2.45, 2.75) is 19.8 Å². The number of nitrogens with zero attached hydrogens (tertiary/aromatic N) is 3. The number of esters is 1. The Kier molecular flexibility index (Phi) is 2.90. The molecule has 2 heterocycles. The molecule has 2 rings (SSSR count). The Morgan fingerprint density at radius 3 is 3.00 bits per heavy atom. The van der Waals surface area contributed by atoms with Crippen LogP contribution in [0.2, 0.25) is 0 Å². The van der Waals surface area contributed by atoms with Gasteiger partial charge in [-0.05, 0) is 13.8 Å². The molecule has 0 aromatic carbocycles. The second-order valence-electron chi connectivity index (χ2n) is 3.55. The molecule has 0 radical (unpaired) electrons. The Morgan fingerprint density at radius 1 is 1.59 bits per heavy atom. The summed E-state index contributed by atoms with van der Waals surface area (Å²) < 4.78 is 4.92. The number of nitrogens with two attached hydrogens (primary N) is 1. The zero-order chi connectivity index (χ0) is 12.4.